The van der Waals surface area contributed by atoms with Crippen LogP contribution in [-0.4, -0.2) is 35.1 Å². The molecule has 0 spiro atoms. The van der Waals surface area contributed by atoms with Gasteiger partial charge in [-0.3, -0.25) is 4.79 Å². The molecule has 6 nitrogen and oxygen atoms in total. The molecule has 1 heterocycles. The van der Waals surface area contributed by atoms with Crippen LogP contribution in [0.5, 0.6) is 5.75 Å². The minimum Gasteiger partial charge on any atom is -0.483 e. The van der Waals surface area contributed by atoms with Gasteiger partial charge in [-0.2, -0.15) is 0 Å². The lowest BCUT2D eigenvalue weighted by atomic mass is 9.85. The van der Waals surface area contributed by atoms with Crippen molar-refractivity contribution < 1.29 is 19.4 Å². The van der Waals surface area contributed by atoms with Crippen molar-refractivity contribution in [2.24, 2.45) is 0 Å². The second-order valence-corrected chi connectivity index (χ2v) is 9.15. The molecule has 0 aliphatic carbocycles. The molecule has 1 amide bonds. The zero-order valence-corrected chi connectivity index (χ0v) is 18.9. The van der Waals surface area contributed by atoms with E-state index in [1.54, 1.807) is 24.3 Å². The van der Waals surface area contributed by atoms with Crippen molar-refractivity contribution in [1.82, 2.24) is 10.3 Å². The van der Waals surface area contributed by atoms with Crippen molar-refractivity contribution in [2.75, 3.05) is 13.2 Å². The first-order valence-corrected chi connectivity index (χ1v) is 10.8. The third kappa shape index (κ3) is 5.49. The van der Waals surface area contributed by atoms with Crippen molar-refractivity contribution in [3.05, 3.63) is 59.8 Å². The highest BCUT2D eigenvalue weighted by Gasteiger charge is 2.21. The third-order valence-corrected chi connectivity index (χ3v) is 5.78. The number of carboxylic acids is 1. The average molecular weight is 439 g/mol. The van der Waals surface area contributed by atoms with Crippen LogP contribution in [0.25, 0.3) is 21.0 Å². The largest absolute Gasteiger partial charge is 0.483 e. The highest BCUT2D eigenvalue weighted by atomic mass is 32.1. The van der Waals surface area contributed by atoms with Gasteiger partial charge in [0.15, 0.2) is 6.61 Å². The van der Waals surface area contributed by atoms with E-state index in [9.17, 15) is 9.59 Å². The zero-order chi connectivity index (χ0) is 22.6. The van der Waals surface area contributed by atoms with Gasteiger partial charge in [-0.25, -0.2) is 9.78 Å². The van der Waals surface area contributed by atoms with Crippen LogP contribution in [0.4, 0.5) is 0 Å². The van der Waals surface area contributed by atoms with E-state index in [1.165, 1.54) is 11.3 Å². The van der Waals surface area contributed by atoms with Gasteiger partial charge in [0.2, 0.25) is 0 Å². The molecule has 2 aromatic carbocycles. The van der Waals surface area contributed by atoms with Gasteiger partial charge in [0.25, 0.3) is 5.91 Å². The van der Waals surface area contributed by atoms with Gasteiger partial charge in [0.1, 0.15) is 10.8 Å². The van der Waals surface area contributed by atoms with E-state index < -0.39 is 5.97 Å². The maximum atomic E-state index is 11.8. The number of carboxylic acid groups (broad SMARTS) is 1. The molecule has 1 aromatic heterocycles. The summed E-state index contributed by atoms with van der Waals surface area (Å²) < 4.78 is 5.80. The van der Waals surface area contributed by atoms with Gasteiger partial charge >= 0.3 is 5.97 Å². The molecule has 0 atom stereocenters. The van der Waals surface area contributed by atoms with Crippen LogP contribution < -0.4 is 10.1 Å². The quantitative estimate of drug-likeness (QED) is 0.543. The van der Waals surface area contributed by atoms with Crippen LogP contribution in [0, 0.1) is 0 Å². The van der Waals surface area contributed by atoms with Crippen molar-refractivity contribution in [2.45, 2.75) is 33.1 Å². The fourth-order valence-corrected chi connectivity index (χ4v) is 4.00. The normalized spacial score (nSPS) is 11.2. The molecule has 0 aliphatic heterocycles. The second kappa shape index (κ2) is 9.31. The maximum Gasteiger partial charge on any atom is 0.335 e. The number of amides is 1. The molecule has 3 aromatic rings. The van der Waals surface area contributed by atoms with E-state index in [0.717, 1.165) is 26.6 Å². The molecule has 0 aliphatic rings. The molecule has 0 unspecified atom stereocenters. The standard InChI is InChI=1S/C24H26N2O4S/c1-5-25-21(27)14-30-19-11-10-17(12-18(19)24(2,3)4)20-13-26-22(31-20)15-6-8-16(9-7-15)23(28)29/h6-13H,5,14H2,1-4H3,(H,25,27)(H,28,29). The highest BCUT2D eigenvalue weighted by Crippen LogP contribution is 2.38. The molecule has 0 bridgehead atoms. The number of nitrogens with zero attached hydrogens (tertiary/aromatic N) is 1. The number of aromatic nitrogens is 1. The van der Waals surface area contributed by atoms with E-state index in [2.05, 4.69) is 37.1 Å². The fourth-order valence-electron chi connectivity index (χ4n) is 3.08. The smallest absolute Gasteiger partial charge is 0.335 e. The van der Waals surface area contributed by atoms with E-state index >= 15 is 0 Å². The summed E-state index contributed by atoms with van der Waals surface area (Å²) in [5.74, 6) is -0.403. The molecule has 31 heavy (non-hydrogen) atoms. The van der Waals surface area contributed by atoms with Gasteiger partial charge in [0, 0.05) is 23.9 Å². The lowest BCUT2D eigenvalue weighted by Crippen LogP contribution is -2.29. The predicted octanol–water partition coefficient (Wildman–Crippen LogP) is 4.99. The third-order valence-electron chi connectivity index (χ3n) is 4.69. The Balaban J connectivity index is 1.87. The number of likely N-dealkylation sites (N-methyl/N-ethyl adjacent to an activating group) is 1. The van der Waals surface area contributed by atoms with Gasteiger partial charge in [0.05, 0.1) is 10.4 Å². The van der Waals surface area contributed by atoms with Crippen LogP contribution in [-0.2, 0) is 10.2 Å². The van der Waals surface area contributed by atoms with Crippen LogP contribution in [0.15, 0.2) is 48.7 Å². The Morgan fingerprint density at radius 3 is 2.39 bits per heavy atom. The predicted molar refractivity (Wildman–Crippen MR) is 123 cm³/mol. The minimum absolute atomic E-state index is 0.0205. The number of hydrogen-bond donors (Lipinski definition) is 2. The van der Waals surface area contributed by atoms with Gasteiger partial charge in [-0.1, -0.05) is 32.9 Å². The maximum absolute atomic E-state index is 11.8. The zero-order valence-electron chi connectivity index (χ0n) is 18.1. The van der Waals surface area contributed by atoms with E-state index in [4.69, 9.17) is 9.84 Å². The van der Waals surface area contributed by atoms with Crippen LogP contribution >= 0.6 is 11.3 Å². The number of aromatic carboxylic acids is 1. The van der Waals surface area contributed by atoms with Crippen molar-refractivity contribution in [3.63, 3.8) is 0 Å². The molecular formula is C24H26N2O4S. The fraction of sp³-hybridized carbons (Fsp3) is 0.292. The first-order chi connectivity index (χ1) is 14.7. The number of thiazole rings is 1. The Bertz CT molecular complexity index is 1080. The Hall–Kier alpha value is -3.19. The monoisotopic (exact) mass is 438 g/mol. The number of ether oxygens (including phenoxy) is 1. The average Bonchev–Trinajstić information content (AvgIpc) is 3.22. The second-order valence-electron chi connectivity index (χ2n) is 8.12. The molecule has 7 heteroatoms. The molecule has 0 fully saturated rings. The molecule has 0 radical (unpaired) electrons. The van der Waals surface area contributed by atoms with Gasteiger partial charge in [-0.15, -0.1) is 11.3 Å². The molecule has 0 saturated heterocycles. The molecule has 3 rings (SSSR count). The Morgan fingerprint density at radius 2 is 1.77 bits per heavy atom. The number of carbonyl (C=O) groups is 2. The molecular weight excluding hydrogens is 412 g/mol. The lowest BCUT2D eigenvalue weighted by molar-refractivity contribution is -0.123. The van der Waals surface area contributed by atoms with Crippen LogP contribution in [0.2, 0.25) is 0 Å². The Morgan fingerprint density at radius 1 is 1.10 bits per heavy atom. The Kier molecular flexibility index (Phi) is 6.75. The van der Waals surface area contributed by atoms with E-state index in [0.29, 0.717) is 12.3 Å². The summed E-state index contributed by atoms with van der Waals surface area (Å²) in [4.78, 5) is 28.4. The summed E-state index contributed by atoms with van der Waals surface area (Å²) in [6.45, 7) is 8.73. The van der Waals surface area contributed by atoms with Crippen molar-refractivity contribution >= 4 is 23.2 Å². The molecule has 2 N–H and O–H groups in total. The van der Waals surface area contributed by atoms with Crippen LogP contribution in [0.3, 0.4) is 0 Å². The summed E-state index contributed by atoms with van der Waals surface area (Å²) in [5.41, 5.74) is 2.97. The highest BCUT2D eigenvalue weighted by molar-refractivity contribution is 7.18. The number of hydrogen-bond acceptors (Lipinski definition) is 5. The van der Waals surface area contributed by atoms with E-state index in [1.807, 2.05) is 25.3 Å². The van der Waals surface area contributed by atoms with Crippen molar-refractivity contribution in [3.8, 4) is 26.8 Å². The summed E-state index contributed by atoms with van der Waals surface area (Å²) in [6.07, 6.45) is 1.82. The topological polar surface area (TPSA) is 88.5 Å². The first kappa shape index (κ1) is 22.5. The summed E-state index contributed by atoms with van der Waals surface area (Å²) >= 11 is 1.54. The Labute approximate surface area is 185 Å². The van der Waals surface area contributed by atoms with Crippen LogP contribution in [0.1, 0.15) is 43.6 Å². The number of benzene rings is 2. The molecule has 0 saturated carbocycles. The lowest BCUT2D eigenvalue weighted by Gasteiger charge is -2.23. The number of rotatable bonds is 7. The SMILES string of the molecule is CCNC(=O)COc1ccc(-c2cnc(-c3ccc(C(=O)O)cc3)s2)cc1C(C)(C)C. The summed E-state index contributed by atoms with van der Waals surface area (Å²) in [5, 5.41) is 12.6. The first-order valence-electron chi connectivity index (χ1n) is 10.0. The van der Waals surface area contributed by atoms with E-state index in [-0.39, 0.29) is 23.5 Å². The summed E-state index contributed by atoms with van der Waals surface area (Å²) in [6, 6.07) is 12.6. The summed E-state index contributed by atoms with van der Waals surface area (Å²) in [7, 11) is 0. The van der Waals surface area contributed by atoms with Crippen molar-refractivity contribution in [1.29, 1.82) is 0 Å². The number of carbonyl (C=O) groups excluding carboxylic acids is 1. The van der Waals surface area contributed by atoms with Gasteiger partial charge < -0.3 is 15.2 Å². The number of nitrogens with one attached hydrogen (secondary N) is 1. The minimum atomic E-state index is -0.949. The van der Waals surface area contributed by atoms with Gasteiger partial charge in [-0.05, 0) is 48.2 Å². The molecule has 162 valence electrons.